The number of benzene rings is 1. The zero-order valence-corrected chi connectivity index (χ0v) is 9.06. The van der Waals surface area contributed by atoms with E-state index in [9.17, 15) is 14.0 Å². The second kappa shape index (κ2) is 3.80. The molecule has 0 fully saturated rings. The third kappa shape index (κ3) is 1.66. The van der Waals surface area contributed by atoms with Crippen molar-refractivity contribution in [3.05, 3.63) is 49.0 Å². The van der Waals surface area contributed by atoms with E-state index in [1.54, 1.807) is 0 Å². The average Bonchev–Trinajstić information content (AvgIpc) is 2.54. The van der Waals surface area contributed by atoms with Crippen molar-refractivity contribution < 1.29 is 4.39 Å². The molecule has 0 bridgehead atoms. The number of aromatic nitrogens is 3. The van der Waals surface area contributed by atoms with Gasteiger partial charge in [0.05, 0.1) is 15.7 Å². The zero-order valence-electron chi connectivity index (χ0n) is 7.55. The van der Waals surface area contributed by atoms with E-state index in [0.717, 1.165) is 16.7 Å². The standard InChI is InChI=1S/C8H4Cl2FN3O2/c9-4-1-3(2-5(10)6(4)11)14-7(15)12-13-8(14)16/h1-2H,(H,12,15)(H,13,16). The highest BCUT2D eigenvalue weighted by atomic mass is 35.5. The average molecular weight is 264 g/mol. The highest BCUT2D eigenvalue weighted by molar-refractivity contribution is 6.35. The molecule has 0 atom stereocenters. The van der Waals surface area contributed by atoms with E-state index in [4.69, 9.17) is 23.2 Å². The van der Waals surface area contributed by atoms with Crippen LogP contribution in [0.4, 0.5) is 4.39 Å². The zero-order chi connectivity index (χ0) is 11.9. The van der Waals surface area contributed by atoms with Gasteiger partial charge in [0.25, 0.3) is 0 Å². The summed E-state index contributed by atoms with van der Waals surface area (Å²) < 4.78 is 13.9. The normalized spacial score (nSPS) is 10.7. The van der Waals surface area contributed by atoms with Gasteiger partial charge in [-0.1, -0.05) is 23.2 Å². The van der Waals surface area contributed by atoms with Gasteiger partial charge >= 0.3 is 11.4 Å². The SMILES string of the molecule is O=c1[nH][nH]c(=O)n1-c1cc(Cl)c(F)c(Cl)c1. The van der Waals surface area contributed by atoms with Crippen molar-refractivity contribution in [1.82, 2.24) is 14.8 Å². The minimum atomic E-state index is -0.799. The Balaban J connectivity index is 2.76. The summed E-state index contributed by atoms with van der Waals surface area (Å²) in [6.07, 6.45) is 0. The van der Waals surface area contributed by atoms with Crippen LogP contribution in [0.1, 0.15) is 0 Å². The van der Waals surface area contributed by atoms with Crippen LogP contribution < -0.4 is 11.4 Å². The van der Waals surface area contributed by atoms with Gasteiger partial charge in [-0.25, -0.2) is 28.7 Å². The third-order valence-electron chi connectivity index (χ3n) is 1.91. The van der Waals surface area contributed by atoms with E-state index < -0.39 is 17.2 Å². The third-order valence-corrected chi connectivity index (χ3v) is 2.46. The highest BCUT2D eigenvalue weighted by Gasteiger charge is 2.12. The maximum absolute atomic E-state index is 13.1. The van der Waals surface area contributed by atoms with Gasteiger partial charge in [0, 0.05) is 0 Å². The van der Waals surface area contributed by atoms with Gasteiger partial charge in [0.2, 0.25) is 0 Å². The molecule has 2 N–H and O–H groups in total. The minimum absolute atomic E-state index is 0.0869. The van der Waals surface area contributed by atoms with Crippen LogP contribution in [-0.4, -0.2) is 14.8 Å². The number of aromatic amines is 2. The van der Waals surface area contributed by atoms with Crippen LogP contribution in [0.2, 0.25) is 10.0 Å². The molecule has 0 saturated heterocycles. The summed E-state index contributed by atoms with van der Waals surface area (Å²) in [6.45, 7) is 0. The van der Waals surface area contributed by atoms with Crippen LogP contribution in [-0.2, 0) is 0 Å². The molecule has 0 spiro atoms. The summed E-state index contributed by atoms with van der Waals surface area (Å²) >= 11 is 11.1. The second-order valence-corrected chi connectivity index (χ2v) is 3.73. The predicted octanol–water partition coefficient (Wildman–Crippen LogP) is 1.30. The molecule has 16 heavy (non-hydrogen) atoms. The fourth-order valence-corrected chi connectivity index (χ4v) is 1.69. The van der Waals surface area contributed by atoms with Crippen molar-refractivity contribution in [2.75, 3.05) is 0 Å². The number of H-pyrrole nitrogens is 2. The number of nitrogens with one attached hydrogen (secondary N) is 2. The lowest BCUT2D eigenvalue weighted by Crippen LogP contribution is -2.24. The van der Waals surface area contributed by atoms with Crippen LogP contribution in [0.15, 0.2) is 21.7 Å². The van der Waals surface area contributed by atoms with Crippen LogP contribution in [0.25, 0.3) is 5.69 Å². The summed E-state index contributed by atoms with van der Waals surface area (Å²) in [7, 11) is 0. The van der Waals surface area contributed by atoms with Crippen molar-refractivity contribution >= 4 is 23.2 Å². The molecule has 1 aromatic heterocycles. The molecule has 1 heterocycles. The maximum atomic E-state index is 13.1. The molecule has 2 rings (SSSR count). The maximum Gasteiger partial charge on any atom is 0.348 e. The fraction of sp³-hybridized carbons (Fsp3) is 0. The number of rotatable bonds is 1. The molecular weight excluding hydrogens is 260 g/mol. The quantitative estimate of drug-likeness (QED) is 0.762. The Morgan fingerprint density at radius 2 is 1.50 bits per heavy atom. The molecular formula is C8H4Cl2FN3O2. The fourth-order valence-electron chi connectivity index (χ4n) is 1.22. The Kier molecular flexibility index (Phi) is 2.61. The predicted molar refractivity (Wildman–Crippen MR) is 57.0 cm³/mol. The first kappa shape index (κ1) is 11.0. The lowest BCUT2D eigenvalue weighted by atomic mass is 10.3. The summed E-state index contributed by atoms with van der Waals surface area (Å²) in [6, 6.07) is 2.26. The lowest BCUT2D eigenvalue weighted by Gasteiger charge is -2.02. The molecule has 0 aliphatic heterocycles. The first-order valence-corrected chi connectivity index (χ1v) is 4.81. The molecule has 84 valence electrons. The summed E-state index contributed by atoms with van der Waals surface area (Å²) in [4.78, 5) is 22.5. The smallest absolute Gasteiger partial charge is 0.247 e. The first-order chi connectivity index (χ1) is 7.50. The van der Waals surface area contributed by atoms with Gasteiger partial charge in [0.1, 0.15) is 0 Å². The van der Waals surface area contributed by atoms with Gasteiger partial charge in [0.15, 0.2) is 5.82 Å². The van der Waals surface area contributed by atoms with E-state index in [2.05, 4.69) is 10.2 Å². The van der Waals surface area contributed by atoms with E-state index in [0.29, 0.717) is 0 Å². The van der Waals surface area contributed by atoms with E-state index in [-0.39, 0.29) is 15.7 Å². The van der Waals surface area contributed by atoms with Crippen LogP contribution in [0.5, 0.6) is 0 Å². The number of nitrogens with zero attached hydrogens (tertiary/aromatic N) is 1. The summed E-state index contributed by atoms with van der Waals surface area (Å²) in [5, 5.41) is 3.62. The Morgan fingerprint density at radius 3 is 1.94 bits per heavy atom. The number of halogens is 3. The molecule has 0 amide bonds. The van der Waals surface area contributed by atoms with Crippen LogP contribution in [0.3, 0.4) is 0 Å². The molecule has 0 aliphatic rings. The number of hydrogen-bond acceptors (Lipinski definition) is 2. The van der Waals surface area contributed by atoms with Gasteiger partial charge in [-0.05, 0) is 12.1 Å². The summed E-state index contributed by atoms with van der Waals surface area (Å²) in [5.74, 6) is -0.799. The van der Waals surface area contributed by atoms with Crippen LogP contribution >= 0.6 is 23.2 Å². The molecule has 2 aromatic rings. The molecule has 5 nitrogen and oxygen atoms in total. The minimum Gasteiger partial charge on any atom is -0.247 e. The topological polar surface area (TPSA) is 70.7 Å². The largest absolute Gasteiger partial charge is 0.348 e. The van der Waals surface area contributed by atoms with Gasteiger partial charge < -0.3 is 0 Å². The van der Waals surface area contributed by atoms with Crippen molar-refractivity contribution in [3.63, 3.8) is 0 Å². The van der Waals surface area contributed by atoms with E-state index in [1.807, 2.05) is 0 Å². The Labute approximate surface area is 97.4 Å². The van der Waals surface area contributed by atoms with Crippen molar-refractivity contribution in [1.29, 1.82) is 0 Å². The monoisotopic (exact) mass is 263 g/mol. The molecule has 0 radical (unpaired) electrons. The van der Waals surface area contributed by atoms with Crippen molar-refractivity contribution in [3.8, 4) is 5.69 Å². The van der Waals surface area contributed by atoms with Crippen molar-refractivity contribution in [2.45, 2.75) is 0 Å². The molecule has 1 aromatic carbocycles. The van der Waals surface area contributed by atoms with Gasteiger partial charge in [-0.15, -0.1) is 0 Å². The highest BCUT2D eigenvalue weighted by Crippen LogP contribution is 2.25. The lowest BCUT2D eigenvalue weighted by molar-refractivity contribution is 0.628. The van der Waals surface area contributed by atoms with E-state index >= 15 is 0 Å². The Bertz CT molecular complexity index is 607. The summed E-state index contributed by atoms with van der Waals surface area (Å²) in [5.41, 5.74) is -1.30. The van der Waals surface area contributed by atoms with Gasteiger partial charge in [-0.2, -0.15) is 0 Å². The van der Waals surface area contributed by atoms with E-state index in [1.165, 1.54) is 0 Å². The van der Waals surface area contributed by atoms with Crippen LogP contribution in [0, 0.1) is 5.82 Å². The molecule has 8 heteroatoms. The van der Waals surface area contributed by atoms with Crippen molar-refractivity contribution in [2.24, 2.45) is 0 Å². The molecule has 0 saturated carbocycles. The Morgan fingerprint density at radius 1 is 1.06 bits per heavy atom. The molecule has 0 unspecified atom stereocenters. The number of hydrogen-bond donors (Lipinski definition) is 2. The molecule has 0 aliphatic carbocycles. The second-order valence-electron chi connectivity index (χ2n) is 2.92. The van der Waals surface area contributed by atoms with Gasteiger partial charge in [-0.3, -0.25) is 0 Å². The Hall–Kier alpha value is -1.53. The first-order valence-electron chi connectivity index (χ1n) is 4.05.